The number of aryl methyl sites for hydroxylation is 2. The normalized spacial score (nSPS) is 10.4. The maximum absolute atomic E-state index is 5.90. The van der Waals surface area contributed by atoms with Crippen molar-refractivity contribution < 1.29 is 0 Å². The fraction of sp³-hybridized carbons (Fsp3) is 0.214. The first-order valence-electron chi connectivity index (χ1n) is 5.51. The number of rotatable bonds is 2. The van der Waals surface area contributed by atoms with E-state index in [0.717, 1.165) is 12.1 Å². The highest BCUT2D eigenvalue weighted by Gasteiger charge is 2.04. The molecule has 0 unspecified atom stereocenters. The average Bonchev–Trinajstić information content (AvgIpc) is 2.31. The quantitative estimate of drug-likeness (QED) is 0.776. The van der Waals surface area contributed by atoms with Crippen LogP contribution in [0.1, 0.15) is 18.1 Å². The molecule has 0 aliphatic rings. The van der Waals surface area contributed by atoms with Gasteiger partial charge in [0.05, 0.1) is 0 Å². The van der Waals surface area contributed by atoms with E-state index in [1.165, 1.54) is 22.3 Å². The maximum Gasteiger partial charge on any atom is 0.0346 e. The van der Waals surface area contributed by atoms with E-state index < -0.39 is 0 Å². The molecule has 0 spiro atoms. The van der Waals surface area contributed by atoms with E-state index in [1.54, 1.807) is 0 Å². The number of benzene rings is 1. The molecule has 0 aliphatic carbocycles. The van der Waals surface area contributed by atoms with Crippen molar-refractivity contribution in [3.8, 4) is 11.1 Å². The van der Waals surface area contributed by atoms with Gasteiger partial charge in [-0.15, -0.1) is 0 Å². The molecule has 2 aromatic rings. The van der Waals surface area contributed by atoms with Gasteiger partial charge in [-0.3, -0.25) is 4.98 Å². The third-order valence-electron chi connectivity index (χ3n) is 2.86. The Labute approximate surface area is 96.1 Å². The van der Waals surface area contributed by atoms with Gasteiger partial charge in [0.15, 0.2) is 0 Å². The summed E-state index contributed by atoms with van der Waals surface area (Å²) in [6.45, 7) is 4.19. The number of hydrogen-bond acceptors (Lipinski definition) is 2. The van der Waals surface area contributed by atoms with Crippen LogP contribution in [0.2, 0.25) is 0 Å². The van der Waals surface area contributed by atoms with Crippen LogP contribution in [-0.4, -0.2) is 4.98 Å². The van der Waals surface area contributed by atoms with E-state index in [9.17, 15) is 0 Å². The van der Waals surface area contributed by atoms with Crippen LogP contribution in [0.15, 0.2) is 36.7 Å². The minimum atomic E-state index is 0.873. The number of nitrogens with zero attached hydrogens (tertiary/aromatic N) is 1. The zero-order chi connectivity index (χ0) is 11.5. The summed E-state index contributed by atoms with van der Waals surface area (Å²) in [5.41, 5.74) is 11.6. The molecule has 2 rings (SSSR count). The van der Waals surface area contributed by atoms with Gasteiger partial charge in [0.1, 0.15) is 0 Å². The molecule has 0 radical (unpaired) electrons. The van der Waals surface area contributed by atoms with Gasteiger partial charge >= 0.3 is 0 Å². The third kappa shape index (κ3) is 1.91. The van der Waals surface area contributed by atoms with E-state index in [1.807, 2.05) is 24.5 Å². The Morgan fingerprint density at radius 1 is 1.25 bits per heavy atom. The van der Waals surface area contributed by atoms with Crippen molar-refractivity contribution in [2.75, 3.05) is 5.73 Å². The van der Waals surface area contributed by atoms with Crippen LogP contribution in [0.3, 0.4) is 0 Å². The molecule has 0 fully saturated rings. The Morgan fingerprint density at radius 2 is 2.06 bits per heavy atom. The molecule has 2 nitrogen and oxygen atoms in total. The minimum absolute atomic E-state index is 0.873. The van der Waals surface area contributed by atoms with E-state index in [4.69, 9.17) is 5.73 Å². The second-order valence-corrected chi connectivity index (χ2v) is 3.96. The predicted molar refractivity (Wildman–Crippen MR) is 68.2 cm³/mol. The van der Waals surface area contributed by atoms with Gasteiger partial charge in [0, 0.05) is 18.1 Å². The molecule has 1 aromatic heterocycles. The molecule has 0 saturated heterocycles. The van der Waals surface area contributed by atoms with Gasteiger partial charge < -0.3 is 5.73 Å². The van der Waals surface area contributed by atoms with E-state index >= 15 is 0 Å². The van der Waals surface area contributed by atoms with Crippen molar-refractivity contribution >= 4 is 5.69 Å². The van der Waals surface area contributed by atoms with Crippen LogP contribution in [0, 0.1) is 6.92 Å². The van der Waals surface area contributed by atoms with Gasteiger partial charge in [-0.25, -0.2) is 0 Å². The summed E-state index contributed by atoms with van der Waals surface area (Å²) in [4.78, 5) is 4.11. The van der Waals surface area contributed by atoms with Crippen LogP contribution in [0.25, 0.3) is 11.1 Å². The molecule has 1 aromatic carbocycles. The topological polar surface area (TPSA) is 38.9 Å². The Kier molecular flexibility index (Phi) is 2.91. The van der Waals surface area contributed by atoms with Gasteiger partial charge in [-0.2, -0.15) is 0 Å². The summed E-state index contributed by atoms with van der Waals surface area (Å²) >= 11 is 0. The first-order valence-corrected chi connectivity index (χ1v) is 5.51. The number of pyridine rings is 1. The highest BCUT2D eigenvalue weighted by molar-refractivity contribution is 5.70. The summed E-state index contributed by atoms with van der Waals surface area (Å²) < 4.78 is 0. The number of nitrogens with two attached hydrogens (primary N) is 1. The van der Waals surface area contributed by atoms with Crippen molar-refractivity contribution in [3.63, 3.8) is 0 Å². The summed E-state index contributed by atoms with van der Waals surface area (Å²) in [7, 11) is 0. The van der Waals surface area contributed by atoms with E-state index in [0.29, 0.717) is 0 Å². The van der Waals surface area contributed by atoms with Crippen molar-refractivity contribution in [1.82, 2.24) is 4.98 Å². The molecule has 0 atom stereocenters. The molecule has 1 heterocycles. The number of hydrogen-bond donors (Lipinski definition) is 1. The molecule has 0 aliphatic heterocycles. The first-order chi connectivity index (χ1) is 7.72. The maximum atomic E-state index is 5.90. The van der Waals surface area contributed by atoms with Gasteiger partial charge in [-0.1, -0.05) is 13.0 Å². The van der Waals surface area contributed by atoms with Crippen LogP contribution in [0.4, 0.5) is 5.69 Å². The van der Waals surface area contributed by atoms with E-state index in [-0.39, 0.29) is 0 Å². The summed E-state index contributed by atoms with van der Waals surface area (Å²) in [5, 5.41) is 0. The smallest absolute Gasteiger partial charge is 0.0346 e. The monoisotopic (exact) mass is 212 g/mol. The number of aromatic nitrogens is 1. The zero-order valence-corrected chi connectivity index (χ0v) is 9.70. The second-order valence-electron chi connectivity index (χ2n) is 3.96. The van der Waals surface area contributed by atoms with Crippen LogP contribution < -0.4 is 5.73 Å². The lowest BCUT2D eigenvalue weighted by Crippen LogP contribution is -1.94. The van der Waals surface area contributed by atoms with Crippen LogP contribution in [-0.2, 0) is 6.42 Å². The first kappa shape index (κ1) is 10.7. The fourth-order valence-corrected chi connectivity index (χ4v) is 1.88. The SMILES string of the molecule is CCc1cc(-c2ccncc2C)ccc1N. The standard InChI is InChI=1S/C14H16N2/c1-3-11-8-12(4-5-14(11)15)13-6-7-16-9-10(13)2/h4-9H,3,15H2,1-2H3. The van der Waals surface area contributed by atoms with Crippen molar-refractivity contribution in [3.05, 3.63) is 47.8 Å². The minimum Gasteiger partial charge on any atom is -0.399 e. The Bertz CT molecular complexity index is 504. The van der Waals surface area contributed by atoms with Gasteiger partial charge in [0.25, 0.3) is 0 Å². The highest BCUT2D eigenvalue weighted by Crippen LogP contribution is 2.26. The lowest BCUT2D eigenvalue weighted by molar-refractivity contribution is 1.14. The fourth-order valence-electron chi connectivity index (χ4n) is 1.88. The van der Waals surface area contributed by atoms with Crippen molar-refractivity contribution in [1.29, 1.82) is 0 Å². The van der Waals surface area contributed by atoms with Crippen LogP contribution in [0.5, 0.6) is 0 Å². The molecular weight excluding hydrogens is 196 g/mol. The molecule has 2 heteroatoms. The molecule has 82 valence electrons. The molecule has 2 N–H and O–H groups in total. The molecular formula is C14H16N2. The second kappa shape index (κ2) is 4.35. The Morgan fingerprint density at radius 3 is 2.75 bits per heavy atom. The third-order valence-corrected chi connectivity index (χ3v) is 2.86. The lowest BCUT2D eigenvalue weighted by atomic mass is 9.99. The van der Waals surface area contributed by atoms with E-state index in [2.05, 4.69) is 31.0 Å². The zero-order valence-electron chi connectivity index (χ0n) is 9.70. The van der Waals surface area contributed by atoms with Crippen molar-refractivity contribution in [2.24, 2.45) is 0 Å². The summed E-state index contributed by atoms with van der Waals surface area (Å²) in [6, 6.07) is 8.25. The molecule has 0 bridgehead atoms. The predicted octanol–water partition coefficient (Wildman–Crippen LogP) is 3.20. The number of nitrogen functional groups attached to an aromatic ring is 1. The molecule has 16 heavy (non-hydrogen) atoms. The molecule has 0 saturated carbocycles. The number of anilines is 1. The molecule has 0 amide bonds. The van der Waals surface area contributed by atoms with Gasteiger partial charge in [0.2, 0.25) is 0 Å². The Balaban J connectivity index is 2.53. The summed E-state index contributed by atoms with van der Waals surface area (Å²) in [6.07, 6.45) is 4.67. The van der Waals surface area contributed by atoms with Crippen LogP contribution >= 0.6 is 0 Å². The lowest BCUT2D eigenvalue weighted by Gasteiger charge is -2.09. The highest BCUT2D eigenvalue weighted by atomic mass is 14.6. The Hall–Kier alpha value is -1.83. The largest absolute Gasteiger partial charge is 0.399 e. The van der Waals surface area contributed by atoms with Gasteiger partial charge in [-0.05, 0) is 53.8 Å². The van der Waals surface area contributed by atoms with Crippen molar-refractivity contribution in [2.45, 2.75) is 20.3 Å². The average molecular weight is 212 g/mol. The summed E-state index contributed by atoms with van der Waals surface area (Å²) in [5.74, 6) is 0.